The first-order valence-corrected chi connectivity index (χ1v) is 15.3. The summed E-state index contributed by atoms with van der Waals surface area (Å²) < 4.78 is 21.6. The Morgan fingerprint density at radius 1 is 1.09 bits per heavy atom. The molecule has 12 heteroatoms. The first kappa shape index (κ1) is 29.5. The highest BCUT2D eigenvalue weighted by molar-refractivity contribution is 7.14. The lowest BCUT2D eigenvalue weighted by atomic mass is 9.88. The number of nitrogens with one attached hydrogen (secondary N) is 3. The number of rotatable bonds is 6. The maximum atomic E-state index is 14.7. The van der Waals surface area contributed by atoms with Crippen LogP contribution in [-0.4, -0.2) is 46.6 Å². The number of aryl methyl sites for hydroxylation is 3. The number of carbonyl (C=O) groups excluding carboxylic acids is 2. The minimum Gasteiger partial charge on any atom is -0.399 e. The first-order chi connectivity index (χ1) is 21.1. The Hall–Kier alpha value is -4.55. The van der Waals surface area contributed by atoms with E-state index in [4.69, 9.17) is 4.74 Å². The van der Waals surface area contributed by atoms with E-state index in [0.717, 1.165) is 31.2 Å². The van der Waals surface area contributed by atoms with Crippen molar-refractivity contribution < 1.29 is 18.7 Å². The number of amides is 2. The minimum absolute atomic E-state index is 0.0145. The molecule has 4 aromatic rings. The van der Waals surface area contributed by atoms with Crippen molar-refractivity contribution in [2.75, 3.05) is 30.8 Å². The third-order valence-electron chi connectivity index (χ3n) is 8.16. The molecule has 1 unspecified atom stereocenters. The summed E-state index contributed by atoms with van der Waals surface area (Å²) in [7, 11) is 3.38. The number of likely N-dealkylation sites (N-methyl/N-ethyl adjacent to an activating group) is 1. The number of hydrogen-bond acceptors (Lipinski definition) is 8. The highest BCUT2D eigenvalue weighted by Crippen LogP contribution is 2.35. The second kappa shape index (κ2) is 11.9. The molecule has 2 aliphatic rings. The lowest BCUT2D eigenvalue weighted by Gasteiger charge is -2.39. The second-order valence-electron chi connectivity index (χ2n) is 11.3. The van der Waals surface area contributed by atoms with E-state index in [1.165, 1.54) is 44.5 Å². The predicted molar refractivity (Wildman–Crippen MR) is 168 cm³/mol. The number of piperazine rings is 1. The Balaban J connectivity index is 1.20. The number of fused-ring (bicyclic) bond motifs is 1. The summed E-state index contributed by atoms with van der Waals surface area (Å²) in [5.74, 6) is -0.583. The predicted octanol–water partition coefficient (Wildman–Crippen LogP) is 5.16. The molecule has 3 heterocycles. The quantitative estimate of drug-likeness (QED) is 0.274. The van der Waals surface area contributed by atoms with Gasteiger partial charge in [0, 0.05) is 49.5 Å². The molecule has 3 N–H and O–H groups in total. The Kier molecular flexibility index (Phi) is 7.95. The number of carbonyl (C=O) groups is 2. The number of benzene rings is 2. The zero-order chi connectivity index (χ0) is 31.0. The fourth-order valence-corrected chi connectivity index (χ4v) is 6.73. The van der Waals surface area contributed by atoms with Gasteiger partial charge >= 0.3 is 6.09 Å². The van der Waals surface area contributed by atoms with Crippen molar-refractivity contribution in [3.63, 3.8) is 0 Å². The molecular formula is C32H33FN6O4S. The fraction of sp³-hybridized carbons (Fsp3) is 0.312. The second-order valence-corrected chi connectivity index (χ2v) is 12.4. The summed E-state index contributed by atoms with van der Waals surface area (Å²) in [5.41, 5.74) is 2.22. The van der Waals surface area contributed by atoms with Gasteiger partial charge in [-0.15, -0.1) is 11.3 Å². The summed E-state index contributed by atoms with van der Waals surface area (Å²) in [6.45, 7) is 3.18. The Bertz CT molecular complexity index is 1780. The van der Waals surface area contributed by atoms with Gasteiger partial charge in [-0.1, -0.05) is 12.1 Å². The largest absolute Gasteiger partial charge is 0.417 e. The summed E-state index contributed by atoms with van der Waals surface area (Å²) in [6.07, 6.45) is 4.94. The molecule has 1 saturated heterocycles. The molecule has 44 heavy (non-hydrogen) atoms. The third-order valence-corrected chi connectivity index (χ3v) is 9.28. The average Bonchev–Trinajstić information content (AvgIpc) is 3.41. The summed E-state index contributed by atoms with van der Waals surface area (Å²) in [5, 5.41) is 9.36. The van der Waals surface area contributed by atoms with Crippen LogP contribution >= 0.6 is 11.3 Å². The van der Waals surface area contributed by atoms with Crippen LogP contribution in [0, 0.1) is 5.82 Å². The number of anilines is 3. The molecule has 10 nitrogen and oxygen atoms in total. The van der Waals surface area contributed by atoms with Gasteiger partial charge in [-0.05, 0) is 80.1 Å². The van der Waals surface area contributed by atoms with Crippen LogP contribution in [0.2, 0.25) is 0 Å². The number of thiophene rings is 1. The molecule has 0 radical (unpaired) electrons. The van der Waals surface area contributed by atoms with Crippen molar-refractivity contribution in [1.82, 2.24) is 19.8 Å². The van der Waals surface area contributed by atoms with Gasteiger partial charge in [0.05, 0.1) is 11.4 Å². The van der Waals surface area contributed by atoms with Gasteiger partial charge in [0.2, 0.25) is 5.91 Å². The van der Waals surface area contributed by atoms with Crippen LogP contribution in [0.3, 0.4) is 0 Å². The maximum Gasteiger partial charge on any atom is 0.417 e. The van der Waals surface area contributed by atoms with Crippen molar-refractivity contribution in [1.29, 1.82) is 0 Å². The van der Waals surface area contributed by atoms with Crippen LogP contribution in [0.25, 0.3) is 11.3 Å². The molecule has 0 saturated carbocycles. The van der Waals surface area contributed by atoms with Crippen molar-refractivity contribution in [2.45, 2.75) is 38.1 Å². The number of hydrogen-bond donors (Lipinski definition) is 3. The Morgan fingerprint density at radius 3 is 2.64 bits per heavy atom. The third kappa shape index (κ3) is 5.82. The van der Waals surface area contributed by atoms with E-state index >= 15 is 0 Å². The first-order valence-electron chi connectivity index (χ1n) is 14.5. The highest BCUT2D eigenvalue weighted by Gasteiger charge is 2.39. The normalized spacial score (nSPS) is 18.1. The summed E-state index contributed by atoms with van der Waals surface area (Å²) >= 11 is 1.45. The van der Waals surface area contributed by atoms with E-state index < -0.39 is 17.4 Å². The van der Waals surface area contributed by atoms with E-state index in [-0.39, 0.29) is 23.0 Å². The van der Waals surface area contributed by atoms with Crippen LogP contribution in [0.5, 0.6) is 5.06 Å². The van der Waals surface area contributed by atoms with Crippen molar-refractivity contribution in [3.05, 3.63) is 86.9 Å². The SMILES string of the molecule is CN1CCNC(C)(c2ccc(Nc3nc(-c4ccc(F)c(NC(=O)Oc5cc6c(s5)CCCC6)c4)cn(C)c3=O)cc2)C1=O. The van der Waals surface area contributed by atoms with E-state index in [9.17, 15) is 18.8 Å². The minimum atomic E-state index is -0.843. The van der Waals surface area contributed by atoms with E-state index in [2.05, 4.69) is 20.9 Å². The van der Waals surface area contributed by atoms with E-state index in [0.29, 0.717) is 35.1 Å². The average molecular weight is 617 g/mol. The molecule has 6 rings (SSSR count). The standard InChI is InChI=1S/C32H33FN6O4S/c1-32(30(41)38(2)15-14-34-32)21-9-11-22(12-10-21)35-28-29(40)39(3)18-25(36-28)19-8-13-23(33)24(16-19)37-31(42)43-27-17-20-6-4-5-7-26(20)44-27/h8-13,16-18,34H,4-7,14-15H2,1-3H3,(H,35,36)(H,37,42). The molecule has 2 aromatic carbocycles. The van der Waals surface area contributed by atoms with Gasteiger partial charge in [-0.2, -0.15) is 0 Å². The number of aromatic nitrogens is 2. The van der Waals surface area contributed by atoms with Gasteiger partial charge in [-0.25, -0.2) is 14.2 Å². The van der Waals surface area contributed by atoms with E-state index in [1.807, 2.05) is 25.1 Å². The summed E-state index contributed by atoms with van der Waals surface area (Å²) in [4.78, 5) is 45.9. The lowest BCUT2D eigenvalue weighted by molar-refractivity contribution is -0.139. The topological polar surface area (TPSA) is 118 Å². The van der Waals surface area contributed by atoms with Gasteiger partial charge in [0.15, 0.2) is 10.9 Å². The smallest absolute Gasteiger partial charge is 0.399 e. The van der Waals surface area contributed by atoms with Crippen LogP contribution in [0.15, 0.2) is 59.5 Å². The molecule has 1 aliphatic heterocycles. The fourth-order valence-electron chi connectivity index (χ4n) is 5.63. The van der Waals surface area contributed by atoms with Gasteiger partial charge in [0.25, 0.3) is 5.56 Å². The van der Waals surface area contributed by atoms with E-state index in [1.54, 1.807) is 37.3 Å². The van der Waals surface area contributed by atoms with Crippen molar-refractivity contribution in [2.24, 2.45) is 7.05 Å². The zero-order valence-electron chi connectivity index (χ0n) is 24.7. The molecule has 228 valence electrons. The lowest BCUT2D eigenvalue weighted by Crippen LogP contribution is -2.59. The van der Waals surface area contributed by atoms with Crippen LogP contribution in [0.4, 0.5) is 26.4 Å². The Morgan fingerprint density at radius 2 is 1.86 bits per heavy atom. The Labute approximate surface area is 257 Å². The van der Waals surface area contributed by atoms with Crippen LogP contribution in [-0.2, 0) is 30.2 Å². The molecular weight excluding hydrogens is 583 g/mol. The monoisotopic (exact) mass is 616 g/mol. The van der Waals surface area contributed by atoms with Crippen molar-refractivity contribution >= 4 is 40.5 Å². The number of nitrogens with zero attached hydrogens (tertiary/aromatic N) is 3. The number of ether oxygens (including phenoxy) is 1. The highest BCUT2D eigenvalue weighted by atomic mass is 32.1. The van der Waals surface area contributed by atoms with Gasteiger partial charge in [-0.3, -0.25) is 20.2 Å². The van der Waals surface area contributed by atoms with Crippen LogP contribution < -0.4 is 26.2 Å². The molecule has 2 amide bonds. The van der Waals surface area contributed by atoms with Gasteiger partial charge in [0.1, 0.15) is 11.4 Å². The molecule has 2 aromatic heterocycles. The number of halogens is 1. The van der Waals surface area contributed by atoms with Crippen LogP contribution in [0.1, 0.15) is 35.8 Å². The zero-order valence-corrected chi connectivity index (χ0v) is 25.5. The molecule has 1 fully saturated rings. The maximum absolute atomic E-state index is 14.7. The molecule has 1 atom stereocenters. The molecule has 0 bridgehead atoms. The van der Waals surface area contributed by atoms with Crippen molar-refractivity contribution in [3.8, 4) is 16.3 Å². The molecule has 0 spiro atoms. The van der Waals surface area contributed by atoms with Gasteiger partial charge < -0.3 is 19.5 Å². The molecule has 1 aliphatic carbocycles. The summed E-state index contributed by atoms with van der Waals surface area (Å²) in [6, 6.07) is 13.3.